The highest BCUT2D eigenvalue weighted by molar-refractivity contribution is 5.84. The lowest BCUT2D eigenvalue weighted by Gasteiger charge is -2.22. The smallest absolute Gasteiger partial charge is 0.251 e. The lowest BCUT2D eigenvalue weighted by atomic mass is 10.1. The zero-order valence-electron chi connectivity index (χ0n) is 11.2. The van der Waals surface area contributed by atoms with E-state index in [-0.39, 0.29) is 5.91 Å². The quantitative estimate of drug-likeness (QED) is 0.840. The molecule has 0 aromatic carbocycles. The van der Waals surface area contributed by atoms with E-state index in [0.717, 1.165) is 11.5 Å². The van der Waals surface area contributed by atoms with Crippen LogP contribution in [0.1, 0.15) is 51.0 Å². The van der Waals surface area contributed by atoms with E-state index >= 15 is 0 Å². The van der Waals surface area contributed by atoms with Crippen molar-refractivity contribution in [3.8, 4) is 0 Å². The summed E-state index contributed by atoms with van der Waals surface area (Å²) in [5, 5.41) is 6.76. The van der Waals surface area contributed by atoms with E-state index in [1.165, 1.54) is 12.8 Å². The fourth-order valence-corrected chi connectivity index (χ4v) is 1.78. The van der Waals surface area contributed by atoms with Crippen molar-refractivity contribution in [2.75, 3.05) is 6.61 Å². The van der Waals surface area contributed by atoms with E-state index in [0.29, 0.717) is 19.1 Å². The largest absolute Gasteiger partial charge is 0.366 e. The second kappa shape index (κ2) is 5.10. The van der Waals surface area contributed by atoms with Gasteiger partial charge in [0.1, 0.15) is 17.1 Å². The molecule has 1 amide bonds. The molecule has 5 nitrogen and oxygen atoms in total. The molecule has 1 aromatic rings. The number of nitrogens with one attached hydrogen (secondary N) is 1. The molecule has 0 spiro atoms. The Morgan fingerprint density at radius 2 is 2.33 bits per heavy atom. The predicted octanol–water partition coefficient (Wildman–Crippen LogP) is 1.98. The van der Waals surface area contributed by atoms with Crippen LogP contribution in [0, 0.1) is 0 Å². The average molecular weight is 252 g/mol. The summed E-state index contributed by atoms with van der Waals surface area (Å²) in [6.07, 6.45) is 2.36. The first-order chi connectivity index (χ1) is 8.53. The highest BCUT2D eigenvalue weighted by Crippen LogP contribution is 2.40. The molecule has 18 heavy (non-hydrogen) atoms. The van der Waals surface area contributed by atoms with E-state index in [9.17, 15) is 4.79 Å². The molecule has 0 saturated heterocycles. The lowest BCUT2D eigenvalue weighted by Crippen LogP contribution is -2.44. The summed E-state index contributed by atoms with van der Waals surface area (Å²) in [6.45, 7) is 6.27. The third kappa shape index (κ3) is 3.10. The summed E-state index contributed by atoms with van der Waals surface area (Å²) >= 11 is 0. The first-order valence-electron chi connectivity index (χ1n) is 6.40. The van der Waals surface area contributed by atoms with Crippen molar-refractivity contribution in [2.24, 2.45) is 0 Å². The van der Waals surface area contributed by atoms with Gasteiger partial charge >= 0.3 is 0 Å². The molecule has 0 unspecified atom stereocenters. The highest BCUT2D eigenvalue weighted by atomic mass is 16.5. The van der Waals surface area contributed by atoms with Gasteiger partial charge in [-0.05, 0) is 33.6 Å². The molecule has 0 radical (unpaired) electrons. The Labute approximate surface area is 107 Å². The SMILES string of the molecule is CCOC(C)(C)C(=O)NCc1cc(C2CC2)on1. The maximum Gasteiger partial charge on any atom is 0.251 e. The molecule has 100 valence electrons. The number of carbonyl (C=O) groups excluding carboxylic acids is 1. The van der Waals surface area contributed by atoms with Crippen molar-refractivity contribution < 1.29 is 14.1 Å². The van der Waals surface area contributed by atoms with Gasteiger partial charge in [-0.2, -0.15) is 0 Å². The van der Waals surface area contributed by atoms with Crippen LogP contribution in [0.15, 0.2) is 10.6 Å². The number of rotatable bonds is 6. The zero-order chi connectivity index (χ0) is 13.2. The van der Waals surface area contributed by atoms with Crippen molar-refractivity contribution in [1.29, 1.82) is 0 Å². The van der Waals surface area contributed by atoms with Crippen LogP contribution in [0.4, 0.5) is 0 Å². The molecular weight excluding hydrogens is 232 g/mol. The maximum atomic E-state index is 11.9. The molecule has 1 aromatic heterocycles. The van der Waals surface area contributed by atoms with Gasteiger partial charge in [0.15, 0.2) is 0 Å². The van der Waals surface area contributed by atoms with E-state index in [1.54, 1.807) is 13.8 Å². The first-order valence-corrected chi connectivity index (χ1v) is 6.40. The summed E-state index contributed by atoms with van der Waals surface area (Å²) < 4.78 is 10.6. The Hall–Kier alpha value is -1.36. The van der Waals surface area contributed by atoms with Crippen LogP contribution in [0.25, 0.3) is 0 Å². The van der Waals surface area contributed by atoms with Crippen molar-refractivity contribution in [3.05, 3.63) is 17.5 Å². The van der Waals surface area contributed by atoms with Gasteiger partial charge in [-0.1, -0.05) is 5.16 Å². The Bertz CT molecular complexity index is 422. The first kappa shape index (κ1) is 13.1. The van der Waals surface area contributed by atoms with Gasteiger partial charge in [-0.3, -0.25) is 4.79 Å². The summed E-state index contributed by atoms with van der Waals surface area (Å²) in [4.78, 5) is 11.9. The molecule has 1 saturated carbocycles. The van der Waals surface area contributed by atoms with Gasteiger partial charge in [0.2, 0.25) is 0 Å². The van der Waals surface area contributed by atoms with Crippen molar-refractivity contribution in [2.45, 2.75) is 51.7 Å². The molecule has 2 rings (SSSR count). The molecule has 1 aliphatic carbocycles. The van der Waals surface area contributed by atoms with Crippen LogP contribution < -0.4 is 5.32 Å². The molecule has 1 heterocycles. The van der Waals surface area contributed by atoms with Gasteiger partial charge in [0.25, 0.3) is 5.91 Å². The summed E-state index contributed by atoms with van der Waals surface area (Å²) in [5.74, 6) is 1.34. The van der Waals surface area contributed by atoms with Crippen LogP contribution in [0.3, 0.4) is 0 Å². The Morgan fingerprint density at radius 3 is 2.94 bits per heavy atom. The van der Waals surface area contributed by atoms with Crippen molar-refractivity contribution in [3.63, 3.8) is 0 Å². The molecule has 1 aliphatic rings. The highest BCUT2D eigenvalue weighted by Gasteiger charge is 2.29. The number of ether oxygens (including phenoxy) is 1. The van der Waals surface area contributed by atoms with E-state index in [4.69, 9.17) is 9.26 Å². The fourth-order valence-electron chi connectivity index (χ4n) is 1.78. The number of nitrogens with zero attached hydrogens (tertiary/aromatic N) is 1. The number of hydrogen-bond donors (Lipinski definition) is 1. The van der Waals surface area contributed by atoms with E-state index in [1.807, 2.05) is 13.0 Å². The number of carbonyl (C=O) groups is 1. The van der Waals surface area contributed by atoms with Crippen LogP contribution in [0.2, 0.25) is 0 Å². The number of amides is 1. The molecule has 0 aliphatic heterocycles. The topological polar surface area (TPSA) is 64.4 Å². The van der Waals surface area contributed by atoms with Crippen LogP contribution in [-0.4, -0.2) is 23.3 Å². The standard InChI is InChI=1S/C13H20N2O3/c1-4-17-13(2,3)12(16)14-8-10-7-11(18-15-10)9-5-6-9/h7,9H,4-6,8H2,1-3H3,(H,14,16). The normalized spacial score (nSPS) is 15.7. The van der Waals surface area contributed by atoms with Gasteiger partial charge < -0.3 is 14.6 Å². The molecule has 0 atom stereocenters. The number of hydrogen-bond acceptors (Lipinski definition) is 4. The monoisotopic (exact) mass is 252 g/mol. The zero-order valence-corrected chi connectivity index (χ0v) is 11.2. The third-order valence-electron chi connectivity index (χ3n) is 3.04. The van der Waals surface area contributed by atoms with E-state index in [2.05, 4.69) is 10.5 Å². The van der Waals surface area contributed by atoms with Gasteiger partial charge in [-0.25, -0.2) is 0 Å². The van der Waals surface area contributed by atoms with Crippen molar-refractivity contribution >= 4 is 5.91 Å². The minimum atomic E-state index is -0.808. The summed E-state index contributed by atoms with van der Waals surface area (Å²) in [7, 11) is 0. The average Bonchev–Trinajstić information content (AvgIpc) is 3.06. The fraction of sp³-hybridized carbons (Fsp3) is 0.692. The van der Waals surface area contributed by atoms with E-state index < -0.39 is 5.60 Å². The predicted molar refractivity (Wildman–Crippen MR) is 66.0 cm³/mol. The Morgan fingerprint density at radius 1 is 1.61 bits per heavy atom. The maximum absolute atomic E-state index is 11.9. The Balaban J connectivity index is 1.84. The van der Waals surface area contributed by atoms with Crippen LogP contribution >= 0.6 is 0 Å². The minimum Gasteiger partial charge on any atom is -0.366 e. The van der Waals surface area contributed by atoms with Gasteiger partial charge in [0.05, 0.1) is 6.54 Å². The van der Waals surface area contributed by atoms with Crippen LogP contribution in [-0.2, 0) is 16.1 Å². The number of aromatic nitrogens is 1. The second-order valence-corrected chi connectivity index (χ2v) is 5.12. The summed E-state index contributed by atoms with van der Waals surface area (Å²) in [5.41, 5.74) is -0.0461. The molecule has 0 bridgehead atoms. The minimum absolute atomic E-state index is 0.139. The van der Waals surface area contributed by atoms with Gasteiger partial charge in [0, 0.05) is 18.6 Å². The Kier molecular flexibility index (Phi) is 3.71. The van der Waals surface area contributed by atoms with Crippen molar-refractivity contribution in [1.82, 2.24) is 10.5 Å². The summed E-state index contributed by atoms with van der Waals surface area (Å²) in [6, 6.07) is 1.92. The molecule has 1 N–H and O–H groups in total. The van der Waals surface area contributed by atoms with Crippen LogP contribution in [0.5, 0.6) is 0 Å². The molecular formula is C13H20N2O3. The molecule has 5 heteroatoms. The third-order valence-corrected chi connectivity index (χ3v) is 3.04. The van der Waals surface area contributed by atoms with Gasteiger partial charge in [-0.15, -0.1) is 0 Å². The lowest BCUT2D eigenvalue weighted by molar-refractivity contribution is -0.142. The molecule has 1 fully saturated rings. The second-order valence-electron chi connectivity index (χ2n) is 5.12.